The second-order valence-corrected chi connectivity index (χ2v) is 5.79. The Kier molecular flexibility index (Phi) is 6.10. The summed E-state index contributed by atoms with van der Waals surface area (Å²) < 4.78 is 13.6. The topological polar surface area (TPSA) is 32.3 Å². The van der Waals surface area contributed by atoms with Crippen LogP contribution in [0.5, 0.6) is 0 Å². The largest absolute Gasteiger partial charge is 0.387 e. The van der Waals surface area contributed by atoms with E-state index in [-0.39, 0.29) is 11.9 Å². The molecule has 0 aromatic heterocycles. The van der Waals surface area contributed by atoms with Crippen LogP contribution in [0.3, 0.4) is 0 Å². The summed E-state index contributed by atoms with van der Waals surface area (Å²) in [4.78, 5) is 0. The highest BCUT2D eigenvalue weighted by Gasteiger charge is 2.16. The summed E-state index contributed by atoms with van der Waals surface area (Å²) in [5.74, 6) is -0.271. The highest BCUT2D eigenvalue weighted by atomic mass is 19.1. The molecule has 0 bridgehead atoms. The van der Waals surface area contributed by atoms with Gasteiger partial charge < -0.3 is 10.4 Å². The molecular weight excluding hydrogens is 277 g/mol. The molecule has 0 spiro atoms. The Morgan fingerprint density at radius 2 is 1.86 bits per heavy atom. The van der Waals surface area contributed by atoms with E-state index in [1.54, 1.807) is 19.1 Å². The molecule has 0 saturated carbocycles. The smallest absolute Gasteiger partial charge is 0.126 e. The molecule has 2 aromatic rings. The van der Waals surface area contributed by atoms with Gasteiger partial charge in [-0.1, -0.05) is 42.5 Å². The Morgan fingerprint density at radius 3 is 2.55 bits per heavy atom. The van der Waals surface area contributed by atoms with E-state index in [0.717, 1.165) is 19.4 Å². The van der Waals surface area contributed by atoms with Gasteiger partial charge in [0.15, 0.2) is 0 Å². The molecule has 0 aliphatic rings. The van der Waals surface area contributed by atoms with Crippen LogP contribution in [0.4, 0.5) is 4.39 Å². The first-order valence-corrected chi connectivity index (χ1v) is 7.79. The lowest BCUT2D eigenvalue weighted by Crippen LogP contribution is -2.33. The van der Waals surface area contributed by atoms with E-state index in [4.69, 9.17) is 0 Å². The van der Waals surface area contributed by atoms with Gasteiger partial charge in [-0.05, 0) is 56.0 Å². The van der Waals surface area contributed by atoms with Crippen molar-refractivity contribution >= 4 is 0 Å². The number of aryl methyl sites for hydroxylation is 2. The summed E-state index contributed by atoms with van der Waals surface area (Å²) in [6.07, 6.45) is 1.31. The Morgan fingerprint density at radius 1 is 1.14 bits per heavy atom. The van der Waals surface area contributed by atoms with Gasteiger partial charge >= 0.3 is 0 Å². The summed E-state index contributed by atoms with van der Waals surface area (Å²) in [7, 11) is 0. The number of halogens is 1. The van der Waals surface area contributed by atoms with Crippen LogP contribution in [0.2, 0.25) is 0 Å². The lowest BCUT2D eigenvalue weighted by molar-refractivity contribution is 0.135. The van der Waals surface area contributed by atoms with Crippen molar-refractivity contribution < 1.29 is 9.50 Å². The van der Waals surface area contributed by atoms with Crippen molar-refractivity contribution in [1.29, 1.82) is 0 Å². The fourth-order valence-electron chi connectivity index (χ4n) is 2.46. The van der Waals surface area contributed by atoms with Gasteiger partial charge in [0, 0.05) is 6.04 Å². The zero-order chi connectivity index (χ0) is 15.9. The number of benzene rings is 2. The summed E-state index contributed by atoms with van der Waals surface area (Å²) in [6.45, 7) is 4.46. The predicted octanol–water partition coefficient (Wildman–Crippen LogP) is 3.78. The van der Waals surface area contributed by atoms with E-state index in [2.05, 4.69) is 17.4 Å². The van der Waals surface area contributed by atoms with Crippen LogP contribution in [0.15, 0.2) is 48.5 Å². The molecule has 0 heterocycles. The summed E-state index contributed by atoms with van der Waals surface area (Å²) in [6, 6.07) is 15.1. The third-order valence-corrected chi connectivity index (χ3v) is 3.96. The molecule has 0 fully saturated rings. The van der Waals surface area contributed by atoms with Crippen molar-refractivity contribution in [1.82, 2.24) is 5.32 Å². The van der Waals surface area contributed by atoms with Crippen LogP contribution in [-0.4, -0.2) is 17.7 Å². The molecule has 2 aromatic carbocycles. The molecule has 2 nitrogen and oxygen atoms in total. The van der Waals surface area contributed by atoms with Gasteiger partial charge in [0.25, 0.3) is 0 Å². The minimum atomic E-state index is -0.702. The van der Waals surface area contributed by atoms with Crippen molar-refractivity contribution in [3.8, 4) is 0 Å². The fourth-order valence-corrected chi connectivity index (χ4v) is 2.46. The molecule has 22 heavy (non-hydrogen) atoms. The molecule has 2 rings (SSSR count). The first-order valence-electron chi connectivity index (χ1n) is 7.79. The van der Waals surface area contributed by atoms with Gasteiger partial charge in [-0.15, -0.1) is 0 Å². The van der Waals surface area contributed by atoms with E-state index >= 15 is 0 Å². The molecule has 0 aliphatic carbocycles. The normalized spacial score (nSPS) is 13.8. The van der Waals surface area contributed by atoms with E-state index in [0.29, 0.717) is 11.1 Å². The van der Waals surface area contributed by atoms with E-state index in [9.17, 15) is 9.50 Å². The van der Waals surface area contributed by atoms with E-state index < -0.39 is 6.10 Å². The van der Waals surface area contributed by atoms with Gasteiger partial charge in [0.2, 0.25) is 0 Å². The Balaban J connectivity index is 1.78. The third-order valence-electron chi connectivity index (χ3n) is 3.96. The molecule has 0 saturated heterocycles. The lowest BCUT2D eigenvalue weighted by Gasteiger charge is -2.21. The standard InChI is InChI=1S/C19H24FNO/c1-14-10-11-17(13-18(14)20)19(22)15(2)21-12-6-9-16-7-4-3-5-8-16/h3-5,7-8,10-11,13,15,19,21-22H,6,9,12H2,1-2H3. The first-order chi connectivity index (χ1) is 10.6. The SMILES string of the molecule is Cc1ccc(C(O)C(C)NCCCc2ccccc2)cc1F. The molecule has 2 atom stereocenters. The predicted molar refractivity (Wildman–Crippen MR) is 88.3 cm³/mol. The maximum absolute atomic E-state index is 13.6. The molecule has 3 heteroatoms. The van der Waals surface area contributed by atoms with Gasteiger partial charge in [0.1, 0.15) is 5.82 Å². The molecule has 2 unspecified atom stereocenters. The fraction of sp³-hybridized carbons (Fsp3) is 0.368. The van der Waals surface area contributed by atoms with Crippen molar-refractivity contribution in [2.24, 2.45) is 0 Å². The minimum Gasteiger partial charge on any atom is -0.387 e. The summed E-state index contributed by atoms with van der Waals surface area (Å²) in [5.41, 5.74) is 2.53. The number of aliphatic hydroxyl groups excluding tert-OH is 1. The molecule has 0 amide bonds. The average Bonchev–Trinajstić information content (AvgIpc) is 2.54. The van der Waals surface area contributed by atoms with Gasteiger partial charge in [-0.2, -0.15) is 0 Å². The number of rotatable bonds is 7. The van der Waals surface area contributed by atoms with Crippen LogP contribution >= 0.6 is 0 Å². The van der Waals surface area contributed by atoms with Crippen molar-refractivity contribution in [3.63, 3.8) is 0 Å². The van der Waals surface area contributed by atoms with Gasteiger partial charge in [0.05, 0.1) is 6.10 Å². The molecular formula is C19H24FNO. The quantitative estimate of drug-likeness (QED) is 0.763. The van der Waals surface area contributed by atoms with Crippen LogP contribution in [-0.2, 0) is 6.42 Å². The molecule has 118 valence electrons. The Bertz CT molecular complexity index is 585. The third kappa shape index (κ3) is 4.65. The van der Waals surface area contributed by atoms with E-state index in [1.165, 1.54) is 11.6 Å². The number of hydrogen-bond acceptors (Lipinski definition) is 2. The Labute approximate surface area is 132 Å². The maximum atomic E-state index is 13.6. The summed E-state index contributed by atoms with van der Waals surface area (Å²) in [5, 5.41) is 13.6. The monoisotopic (exact) mass is 301 g/mol. The minimum absolute atomic E-state index is 0.113. The van der Waals surface area contributed by atoms with E-state index in [1.807, 2.05) is 25.1 Å². The second-order valence-electron chi connectivity index (χ2n) is 5.79. The lowest BCUT2D eigenvalue weighted by atomic mass is 10.0. The van der Waals surface area contributed by atoms with Crippen LogP contribution < -0.4 is 5.32 Å². The average molecular weight is 301 g/mol. The van der Waals surface area contributed by atoms with Crippen molar-refractivity contribution in [2.75, 3.05) is 6.54 Å². The highest BCUT2D eigenvalue weighted by Crippen LogP contribution is 2.19. The number of nitrogens with one attached hydrogen (secondary N) is 1. The maximum Gasteiger partial charge on any atom is 0.126 e. The van der Waals surface area contributed by atoms with Crippen LogP contribution in [0, 0.1) is 12.7 Å². The van der Waals surface area contributed by atoms with Crippen LogP contribution in [0.1, 0.15) is 36.1 Å². The highest BCUT2D eigenvalue weighted by molar-refractivity contribution is 5.25. The Hall–Kier alpha value is -1.71. The van der Waals surface area contributed by atoms with Gasteiger partial charge in [-0.3, -0.25) is 0 Å². The molecule has 2 N–H and O–H groups in total. The van der Waals surface area contributed by atoms with Crippen molar-refractivity contribution in [3.05, 3.63) is 71.0 Å². The van der Waals surface area contributed by atoms with Crippen LogP contribution in [0.25, 0.3) is 0 Å². The summed E-state index contributed by atoms with van der Waals surface area (Å²) >= 11 is 0. The second kappa shape index (κ2) is 8.06. The molecule has 0 aliphatic heterocycles. The van der Waals surface area contributed by atoms with Crippen molar-refractivity contribution in [2.45, 2.75) is 38.8 Å². The van der Waals surface area contributed by atoms with Gasteiger partial charge in [-0.25, -0.2) is 4.39 Å². The first kappa shape index (κ1) is 16.7. The zero-order valence-electron chi connectivity index (χ0n) is 13.2. The zero-order valence-corrected chi connectivity index (χ0v) is 13.2. The number of aliphatic hydroxyl groups is 1. The molecule has 0 radical (unpaired) electrons. The number of hydrogen-bond donors (Lipinski definition) is 2.